The molecule has 0 radical (unpaired) electrons. The maximum atomic E-state index is 12.7. The van der Waals surface area contributed by atoms with Crippen LogP contribution in [0.1, 0.15) is 44.1 Å². The largest absolute Gasteiger partial charge is 0.493 e. The van der Waals surface area contributed by atoms with Gasteiger partial charge in [0.05, 0.1) is 27.4 Å². The SMILES string of the molecule is CCCOc1ccccc1CCCNC(=O)C1CCN(Cc2nc(-c3ccc(OC)c(OC)c3)no2)CC1. The van der Waals surface area contributed by atoms with Crippen LogP contribution < -0.4 is 19.5 Å². The maximum Gasteiger partial charge on any atom is 0.241 e. The van der Waals surface area contributed by atoms with Crippen molar-refractivity contribution in [2.24, 2.45) is 5.92 Å². The predicted octanol–water partition coefficient (Wildman–Crippen LogP) is 4.50. The van der Waals surface area contributed by atoms with E-state index in [9.17, 15) is 4.79 Å². The van der Waals surface area contributed by atoms with Gasteiger partial charge >= 0.3 is 0 Å². The predicted molar refractivity (Wildman–Crippen MR) is 144 cm³/mol. The van der Waals surface area contributed by atoms with Gasteiger partial charge in [-0.1, -0.05) is 30.3 Å². The summed E-state index contributed by atoms with van der Waals surface area (Å²) in [4.78, 5) is 19.5. The van der Waals surface area contributed by atoms with Crippen LogP contribution in [0.2, 0.25) is 0 Å². The summed E-state index contributed by atoms with van der Waals surface area (Å²) in [6.45, 7) is 5.68. The van der Waals surface area contributed by atoms with Gasteiger partial charge in [0.25, 0.3) is 0 Å². The number of likely N-dealkylation sites (tertiary alicyclic amines) is 1. The van der Waals surface area contributed by atoms with Gasteiger partial charge in [-0.25, -0.2) is 0 Å². The Labute approximate surface area is 224 Å². The number of hydrogen-bond acceptors (Lipinski definition) is 8. The van der Waals surface area contributed by atoms with Gasteiger partial charge in [-0.15, -0.1) is 0 Å². The molecular formula is C29H38N4O5. The molecule has 204 valence electrons. The molecule has 1 fully saturated rings. The summed E-state index contributed by atoms with van der Waals surface area (Å²) in [5.41, 5.74) is 1.99. The number of nitrogens with zero attached hydrogens (tertiary/aromatic N) is 3. The van der Waals surface area contributed by atoms with E-state index >= 15 is 0 Å². The highest BCUT2D eigenvalue weighted by Crippen LogP contribution is 2.31. The van der Waals surface area contributed by atoms with Gasteiger partial charge in [0.15, 0.2) is 11.5 Å². The van der Waals surface area contributed by atoms with E-state index < -0.39 is 0 Å². The van der Waals surface area contributed by atoms with E-state index in [-0.39, 0.29) is 11.8 Å². The van der Waals surface area contributed by atoms with E-state index in [1.165, 1.54) is 5.56 Å². The van der Waals surface area contributed by atoms with Crippen LogP contribution >= 0.6 is 0 Å². The molecule has 0 aliphatic carbocycles. The van der Waals surface area contributed by atoms with Crippen LogP contribution in [0.4, 0.5) is 0 Å². The van der Waals surface area contributed by atoms with Gasteiger partial charge in [-0.05, 0) is 75.0 Å². The Hall–Kier alpha value is -3.59. The van der Waals surface area contributed by atoms with Gasteiger partial charge in [0, 0.05) is 18.0 Å². The Morgan fingerprint density at radius 1 is 1.08 bits per heavy atom. The van der Waals surface area contributed by atoms with E-state index in [1.807, 2.05) is 36.4 Å². The van der Waals surface area contributed by atoms with E-state index in [0.717, 1.165) is 63.1 Å². The van der Waals surface area contributed by atoms with Crippen LogP contribution in [0.15, 0.2) is 47.0 Å². The van der Waals surface area contributed by atoms with Crippen LogP contribution in [0.5, 0.6) is 17.2 Å². The minimum absolute atomic E-state index is 0.0384. The van der Waals surface area contributed by atoms with Crippen molar-refractivity contribution in [2.75, 3.05) is 40.5 Å². The molecule has 0 spiro atoms. The van der Waals surface area contributed by atoms with Gasteiger partial charge in [0.2, 0.25) is 17.6 Å². The van der Waals surface area contributed by atoms with Crippen LogP contribution in [0, 0.1) is 5.92 Å². The van der Waals surface area contributed by atoms with E-state index in [0.29, 0.717) is 36.3 Å². The highest BCUT2D eigenvalue weighted by atomic mass is 16.5. The van der Waals surface area contributed by atoms with Crippen molar-refractivity contribution in [3.05, 3.63) is 53.9 Å². The lowest BCUT2D eigenvalue weighted by molar-refractivity contribution is -0.126. The van der Waals surface area contributed by atoms with Crippen LogP contribution in [0.3, 0.4) is 0 Å². The number of carbonyl (C=O) groups is 1. The summed E-state index contributed by atoms with van der Waals surface area (Å²) in [6.07, 6.45) is 4.38. The lowest BCUT2D eigenvalue weighted by Crippen LogP contribution is -2.40. The number of carbonyl (C=O) groups excluding carboxylic acids is 1. The number of methoxy groups -OCH3 is 2. The monoisotopic (exact) mass is 522 g/mol. The van der Waals surface area contributed by atoms with Crippen molar-refractivity contribution in [3.63, 3.8) is 0 Å². The number of para-hydroxylation sites is 1. The number of amides is 1. The summed E-state index contributed by atoms with van der Waals surface area (Å²) in [7, 11) is 3.19. The maximum absolute atomic E-state index is 12.7. The minimum Gasteiger partial charge on any atom is -0.493 e. The Kier molecular flexibility index (Phi) is 9.97. The first-order valence-electron chi connectivity index (χ1n) is 13.4. The molecule has 1 aliphatic heterocycles. The Balaban J connectivity index is 1.19. The zero-order chi connectivity index (χ0) is 26.7. The third-order valence-electron chi connectivity index (χ3n) is 6.78. The standard InChI is InChI=1S/C29H38N4O5/c1-4-18-37-24-10-6-5-8-21(24)9-7-15-30-29(34)22-13-16-33(17-14-22)20-27-31-28(32-38-27)23-11-12-25(35-2)26(19-23)36-3/h5-6,8,10-12,19,22H,4,7,9,13-18,20H2,1-3H3,(H,30,34). The molecule has 38 heavy (non-hydrogen) atoms. The number of aryl methyl sites for hydroxylation is 1. The van der Waals surface area contributed by atoms with Gasteiger partial charge in [-0.2, -0.15) is 4.98 Å². The Morgan fingerprint density at radius 2 is 1.87 bits per heavy atom. The first-order chi connectivity index (χ1) is 18.6. The third-order valence-corrected chi connectivity index (χ3v) is 6.78. The molecule has 0 atom stereocenters. The molecular weight excluding hydrogens is 484 g/mol. The third kappa shape index (κ3) is 7.25. The molecule has 3 aromatic rings. The molecule has 1 N–H and O–H groups in total. The summed E-state index contributed by atoms with van der Waals surface area (Å²) in [5.74, 6) is 3.46. The number of ether oxygens (including phenoxy) is 3. The second-order valence-electron chi connectivity index (χ2n) is 9.48. The van der Waals surface area contributed by atoms with E-state index in [2.05, 4.69) is 33.3 Å². The van der Waals surface area contributed by atoms with Crippen molar-refractivity contribution in [2.45, 2.75) is 45.6 Å². The highest BCUT2D eigenvalue weighted by Gasteiger charge is 2.26. The molecule has 9 nitrogen and oxygen atoms in total. The fraction of sp³-hybridized carbons (Fsp3) is 0.483. The first-order valence-corrected chi connectivity index (χ1v) is 13.4. The zero-order valence-electron chi connectivity index (χ0n) is 22.6. The molecule has 9 heteroatoms. The number of hydrogen-bond donors (Lipinski definition) is 1. The molecule has 1 aliphatic rings. The topological polar surface area (TPSA) is 99.0 Å². The quantitative estimate of drug-likeness (QED) is 0.328. The average Bonchev–Trinajstić information content (AvgIpc) is 3.43. The number of rotatable bonds is 13. The fourth-order valence-electron chi connectivity index (χ4n) is 4.65. The smallest absolute Gasteiger partial charge is 0.241 e. The molecule has 2 heterocycles. The van der Waals surface area contributed by atoms with Crippen LogP contribution in [0.25, 0.3) is 11.4 Å². The number of benzene rings is 2. The Bertz CT molecular complexity index is 1170. The molecule has 0 saturated carbocycles. The van der Waals surface area contributed by atoms with Crippen molar-refractivity contribution < 1.29 is 23.5 Å². The van der Waals surface area contributed by atoms with Crippen molar-refractivity contribution in [1.82, 2.24) is 20.4 Å². The summed E-state index contributed by atoms with van der Waals surface area (Å²) in [5, 5.41) is 7.26. The molecule has 2 aromatic carbocycles. The molecule has 1 saturated heterocycles. The van der Waals surface area contributed by atoms with Crippen molar-refractivity contribution >= 4 is 5.91 Å². The van der Waals surface area contributed by atoms with Gasteiger partial charge in [-0.3, -0.25) is 9.69 Å². The van der Waals surface area contributed by atoms with E-state index in [4.69, 9.17) is 18.7 Å². The molecule has 0 bridgehead atoms. The second kappa shape index (κ2) is 13.8. The number of piperidine rings is 1. The zero-order valence-corrected chi connectivity index (χ0v) is 22.6. The average molecular weight is 523 g/mol. The molecule has 4 rings (SSSR count). The lowest BCUT2D eigenvalue weighted by atomic mass is 9.96. The van der Waals surface area contributed by atoms with Gasteiger partial charge < -0.3 is 24.1 Å². The lowest BCUT2D eigenvalue weighted by Gasteiger charge is -2.30. The molecule has 1 aromatic heterocycles. The summed E-state index contributed by atoms with van der Waals surface area (Å²) >= 11 is 0. The summed E-state index contributed by atoms with van der Waals surface area (Å²) in [6, 6.07) is 13.7. The normalized spacial score (nSPS) is 14.3. The molecule has 1 amide bonds. The second-order valence-corrected chi connectivity index (χ2v) is 9.48. The Morgan fingerprint density at radius 3 is 2.63 bits per heavy atom. The number of aromatic nitrogens is 2. The molecule has 0 unspecified atom stereocenters. The fourth-order valence-corrected chi connectivity index (χ4v) is 4.65. The van der Waals surface area contributed by atoms with Crippen LogP contribution in [-0.4, -0.2) is 61.4 Å². The van der Waals surface area contributed by atoms with E-state index in [1.54, 1.807) is 14.2 Å². The van der Waals surface area contributed by atoms with Crippen molar-refractivity contribution in [1.29, 1.82) is 0 Å². The van der Waals surface area contributed by atoms with Gasteiger partial charge in [0.1, 0.15) is 5.75 Å². The first kappa shape index (κ1) is 27.4. The number of nitrogens with one attached hydrogen (secondary N) is 1. The summed E-state index contributed by atoms with van der Waals surface area (Å²) < 4.78 is 22.0. The minimum atomic E-state index is 0.0384. The van der Waals surface area contributed by atoms with Crippen LogP contribution in [-0.2, 0) is 17.8 Å². The van der Waals surface area contributed by atoms with Crippen molar-refractivity contribution in [3.8, 4) is 28.6 Å². The highest BCUT2D eigenvalue weighted by molar-refractivity contribution is 5.78.